The molecule has 38 heavy (non-hydrogen) atoms. The van der Waals surface area contributed by atoms with Crippen LogP contribution < -0.4 is 15.8 Å². The molecule has 0 radical (unpaired) electrons. The van der Waals surface area contributed by atoms with Crippen molar-refractivity contribution in [3.63, 3.8) is 0 Å². The summed E-state index contributed by atoms with van der Waals surface area (Å²) in [6.45, 7) is 4.92. The lowest BCUT2D eigenvalue weighted by atomic mass is 10.1. The number of unbranched alkanes of at least 4 members (excludes halogenated alkanes) is 1. The summed E-state index contributed by atoms with van der Waals surface area (Å²) in [5.41, 5.74) is 8.04. The standard InChI is InChI=1S/C27H38ClN5O4S/c1-18-10-11-23(24(28)19(18)2)37-27(36)32-13-14-33(26(35)21(29)9-5-6-12-31(3)4)22(17-32)25(34)30-16-20-8-7-15-38-20/h7-8,10-11,15,21-22H,5-6,9,12-14,16-17,29H2,1-4H3,(H,30,34)/t21-,22-/m0/s1/i3D,4D. The largest absolute Gasteiger partial charge is 0.415 e. The first-order valence-electron chi connectivity index (χ1n) is 14.0. The number of benzene rings is 1. The lowest BCUT2D eigenvalue weighted by Gasteiger charge is -2.41. The van der Waals surface area contributed by atoms with Crippen LogP contribution in [0.15, 0.2) is 29.6 Å². The number of ether oxygens (including phenoxy) is 1. The van der Waals surface area contributed by atoms with Crippen LogP contribution in [0.4, 0.5) is 4.79 Å². The molecule has 1 fully saturated rings. The third kappa shape index (κ3) is 7.92. The van der Waals surface area contributed by atoms with E-state index in [-0.39, 0.29) is 51.2 Å². The highest BCUT2D eigenvalue weighted by Crippen LogP contribution is 2.30. The molecule has 0 aliphatic carbocycles. The van der Waals surface area contributed by atoms with Crippen LogP contribution in [-0.4, -0.2) is 84.9 Å². The molecule has 1 aromatic carbocycles. The summed E-state index contributed by atoms with van der Waals surface area (Å²) < 4.78 is 20.4. The Morgan fingerprint density at radius 1 is 1.26 bits per heavy atom. The lowest BCUT2D eigenvalue weighted by molar-refractivity contribution is -0.144. The zero-order valence-electron chi connectivity index (χ0n) is 24.0. The lowest BCUT2D eigenvalue weighted by Crippen LogP contribution is -2.64. The Hall–Kier alpha value is -2.66. The van der Waals surface area contributed by atoms with Gasteiger partial charge in [0.15, 0.2) is 5.75 Å². The van der Waals surface area contributed by atoms with Crippen LogP contribution in [0.3, 0.4) is 0 Å². The number of rotatable bonds is 10. The van der Waals surface area contributed by atoms with Gasteiger partial charge in [-0.25, -0.2) is 4.79 Å². The van der Waals surface area contributed by atoms with E-state index in [1.807, 2.05) is 37.4 Å². The molecule has 0 saturated carbocycles. The van der Waals surface area contributed by atoms with Gasteiger partial charge in [-0.15, -0.1) is 11.3 Å². The van der Waals surface area contributed by atoms with E-state index in [0.717, 1.165) is 16.0 Å². The molecule has 1 aromatic heterocycles. The van der Waals surface area contributed by atoms with Crippen LogP contribution in [-0.2, 0) is 16.1 Å². The second-order valence-corrected chi connectivity index (χ2v) is 10.9. The van der Waals surface area contributed by atoms with E-state index in [0.29, 0.717) is 37.4 Å². The predicted molar refractivity (Wildman–Crippen MR) is 151 cm³/mol. The summed E-state index contributed by atoms with van der Waals surface area (Å²) in [5.74, 6) is -0.486. The van der Waals surface area contributed by atoms with Crippen molar-refractivity contribution in [3.05, 3.63) is 50.7 Å². The first kappa shape index (κ1) is 26.9. The fraction of sp³-hybridized carbons (Fsp3) is 0.519. The fourth-order valence-electron chi connectivity index (χ4n) is 4.17. The Morgan fingerprint density at radius 3 is 2.76 bits per heavy atom. The van der Waals surface area contributed by atoms with Gasteiger partial charge in [0.05, 0.1) is 24.2 Å². The Kier molecular flexibility index (Phi) is 9.87. The Bertz CT molecular complexity index is 1150. The van der Waals surface area contributed by atoms with Gasteiger partial charge >= 0.3 is 6.09 Å². The molecule has 1 aliphatic heterocycles. The van der Waals surface area contributed by atoms with Crippen molar-refractivity contribution in [2.24, 2.45) is 5.73 Å². The molecule has 3 rings (SSSR count). The fourth-order valence-corrected chi connectivity index (χ4v) is 5.07. The average Bonchev–Trinajstić information content (AvgIpc) is 3.49. The molecular formula is C27H38ClN5O4S. The molecule has 0 unspecified atom stereocenters. The molecule has 1 aliphatic rings. The Morgan fingerprint density at radius 2 is 2.05 bits per heavy atom. The molecule has 0 spiro atoms. The molecule has 2 aromatic rings. The predicted octanol–water partition coefficient (Wildman–Crippen LogP) is 3.41. The first-order chi connectivity index (χ1) is 19.2. The topological polar surface area (TPSA) is 108 Å². The zero-order chi connectivity index (χ0) is 29.2. The van der Waals surface area contributed by atoms with Crippen molar-refractivity contribution < 1.29 is 21.9 Å². The van der Waals surface area contributed by atoms with Gasteiger partial charge in [0.2, 0.25) is 11.8 Å². The molecule has 3 N–H and O–H groups in total. The molecule has 0 bridgehead atoms. The minimum absolute atomic E-state index is 0.0437. The molecule has 11 heteroatoms. The van der Waals surface area contributed by atoms with E-state index in [1.165, 1.54) is 21.1 Å². The van der Waals surface area contributed by atoms with E-state index >= 15 is 0 Å². The van der Waals surface area contributed by atoms with Crippen molar-refractivity contribution in [2.45, 2.75) is 51.7 Å². The number of hydrogen-bond acceptors (Lipinski definition) is 7. The number of hydrogen-bond donors (Lipinski definition) is 2. The number of nitrogens with one attached hydrogen (secondary N) is 1. The zero-order valence-corrected chi connectivity index (χ0v) is 23.5. The minimum atomic E-state index is -0.933. The van der Waals surface area contributed by atoms with Crippen LogP contribution in [0.1, 0.15) is 38.0 Å². The van der Waals surface area contributed by atoms with Crippen LogP contribution in [0, 0.1) is 13.8 Å². The summed E-state index contributed by atoms with van der Waals surface area (Å²) in [4.78, 5) is 45.3. The van der Waals surface area contributed by atoms with Gasteiger partial charge in [0.1, 0.15) is 6.04 Å². The van der Waals surface area contributed by atoms with E-state index in [1.54, 1.807) is 11.0 Å². The number of piperazine rings is 1. The van der Waals surface area contributed by atoms with Crippen LogP contribution in [0.25, 0.3) is 0 Å². The maximum absolute atomic E-state index is 13.4. The smallest absolute Gasteiger partial charge is 0.409 e. The minimum Gasteiger partial charge on any atom is -0.409 e. The van der Waals surface area contributed by atoms with Gasteiger partial charge in [-0.2, -0.15) is 0 Å². The summed E-state index contributed by atoms with van der Waals surface area (Å²) in [5, 5.41) is 5.15. The maximum atomic E-state index is 13.4. The maximum Gasteiger partial charge on any atom is 0.415 e. The molecule has 2 heterocycles. The van der Waals surface area contributed by atoms with Crippen LogP contribution >= 0.6 is 22.9 Å². The van der Waals surface area contributed by atoms with E-state index in [9.17, 15) is 14.4 Å². The molecule has 1 saturated heterocycles. The second kappa shape index (κ2) is 13.9. The van der Waals surface area contributed by atoms with Gasteiger partial charge < -0.3 is 30.5 Å². The third-order valence-electron chi connectivity index (χ3n) is 6.62. The number of amides is 3. The van der Waals surface area contributed by atoms with E-state index in [2.05, 4.69) is 5.32 Å². The van der Waals surface area contributed by atoms with Crippen LogP contribution in [0.5, 0.6) is 5.75 Å². The highest BCUT2D eigenvalue weighted by Gasteiger charge is 2.39. The summed E-state index contributed by atoms with van der Waals surface area (Å²) in [6, 6.07) is 5.52. The molecule has 3 amide bonds. The number of thiophene rings is 1. The van der Waals surface area contributed by atoms with E-state index < -0.39 is 18.2 Å². The van der Waals surface area contributed by atoms with Gasteiger partial charge in [-0.1, -0.05) is 30.2 Å². The van der Waals surface area contributed by atoms with Crippen molar-refractivity contribution in [2.75, 3.05) is 40.2 Å². The molecule has 2 atom stereocenters. The van der Waals surface area contributed by atoms with Crippen molar-refractivity contribution in [1.29, 1.82) is 0 Å². The monoisotopic (exact) mass is 565 g/mol. The highest BCUT2D eigenvalue weighted by molar-refractivity contribution is 7.09. The number of nitrogens with zero attached hydrogens (tertiary/aromatic N) is 3. The van der Waals surface area contributed by atoms with Crippen molar-refractivity contribution in [3.8, 4) is 5.75 Å². The summed E-state index contributed by atoms with van der Waals surface area (Å²) >= 11 is 7.90. The SMILES string of the molecule is [2H]CN(C[2H])CCCC[C@H](N)C(=O)N1CCN(C(=O)Oc2ccc(C)c(C)c2Cl)C[C@H]1C(=O)NCc1cccs1. The van der Waals surface area contributed by atoms with Crippen molar-refractivity contribution >= 4 is 40.8 Å². The molecule has 9 nitrogen and oxygen atoms in total. The second-order valence-electron chi connectivity index (χ2n) is 9.47. The van der Waals surface area contributed by atoms with Gasteiger partial charge in [0, 0.05) is 20.7 Å². The molecular weight excluding hydrogens is 526 g/mol. The Balaban J connectivity index is 1.67. The van der Waals surface area contributed by atoms with Gasteiger partial charge in [0.25, 0.3) is 0 Å². The quantitative estimate of drug-likeness (QED) is 0.427. The number of carbonyl (C=O) groups excluding carboxylic acids is 3. The number of aryl methyl sites for hydroxylation is 1. The van der Waals surface area contributed by atoms with Crippen LogP contribution in [0.2, 0.25) is 5.02 Å². The molecule has 208 valence electrons. The Labute approximate surface area is 236 Å². The normalized spacial score (nSPS) is 17.1. The van der Waals surface area contributed by atoms with Crippen molar-refractivity contribution in [1.82, 2.24) is 20.0 Å². The summed E-state index contributed by atoms with van der Waals surface area (Å²) in [7, 11) is 0.109. The van der Waals surface area contributed by atoms with Gasteiger partial charge in [-0.05, 0) is 75.9 Å². The van der Waals surface area contributed by atoms with E-state index in [4.69, 9.17) is 24.8 Å². The number of nitrogens with two attached hydrogens (primary N) is 1. The third-order valence-corrected chi connectivity index (χ3v) is 7.96. The summed E-state index contributed by atoms with van der Waals surface area (Å²) in [6.07, 6.45) is 1.14. The number of carbonyl (C=O) groups is 3. The highest BCUT2D eigenvalue weighted by atomic mass is 35.5. The first-order valence-corrected chi connectivity index (χ1v) is 13.8. The average molecular weight is 566 g/mol. The number of halogens is 1. The van der Waals surface area contributed by atoms with Gasteiger partial charge in [-0.3, -0.25) is 9.59 Å².